The van der Waals surface area contributed by atoms with Gasteiger partial charge < -0.3 is 5.73 Å². The monoisotopic (exact) mass is 199 g/mol. The van der Waals surface area contributed by atoms with Crippen molar-refractivity contribution in [2.75, 3.05) is 0 Å². The number of aryl methyl sites for hydroxylation is 1. The molecule has 0 saturated carbocycles. The van der Waals surface area contributed by atoms with Gasteiger partial charge in [0, 0.05) is 17.8 Å². The van der Waals surface area contributed by atoms with E-state index in [2.05, 4.69) is 5.10 Å². The van der Waals surface area contributed by atoms with E-state index in [4.69, 9.17) is 5.73 Å². The van der Waals surface area contributed by atoms with Gasteiger partial charge in [0.05, 0.1) is 17.2 Å². The van der Waals surface area contributed by atoms with Gasteiger partial charge in [-0.1, -0.05) is 6.08 Å². The third kappa shape index (κ3) is 0.905. The third-order valence-electron chi connectivity index (χ3n) is 2.77. The number of allylic oxidation sites excluding steroid dienone is 4. The van der Waals surface area contributed by atoms with Crippen molar-refractivity contribution in [2.45, 2.75) is 0 Å². The first-order valence-electron chi connectivity index (χ1n) is 4.65. The van der Waals surface area contributed by atoms with E-state index in [1.165, 1.54) is 0 Å². The van der Waals surface area contributed by atoms with Crippen molar-refractivity contribution in [1.82, 2.24) is 9.78 Å². The first kappa shape index (κ1) is 8.23. The van der Waals surface area contributed by atoms with Gasteiger partial charge in [0.15, 0.2) is 0 Å². The largest absolute Gasteiger partial charge is 0.396 e. The molecule has 1 heterocycles. The van der Waals surface area contributed by atoms with Crippen LogP contribution in [0.5, 0.6) is 0 Å². The summed E-state index contributed by atoms with van der Waals surface area (Å²) < 4.78 is 1.75. The smallest absolute Gasteiger partial charge is 0.209 e. The lowest BCUT2D eigenvalue weighted by Crippen LogP contribution is -2.28. The molecule has 0 atom stereocenters. The van der Waals surface area contributed by atoms with Crippen molar-refractivity contribution in [1.29, 1.82) is 0 Å². The molecule has 0 fully saturated rings. The highest BCUT2D eigenvalue weighted by molar-refractivity contribution is 6.31. The molecule has 4 heteroatoms. The molecular weight excluding hydrogens is 190 g/mol. The van der Waals surface area contributed by atoms with Crippen molar-refractivity contribution in [3.63, 3.8) is 0 Å². The normalized spacial score (nSPS) is 17.9. The average molecular weight is 199 g/mol. The zero-order chi connectivity index (χ0) is 10.6. The number of aromatic nitrogens is 2. The molecule has 2 aliphatic carbocycles. The molecule has 15 heavy (non-hydrogen) atoms. The average Bonchev–Trinajstić information content (AvgIpc) is 2.73. The second kappa shape index (κ2) is 2.48. The van der Waals surface area contributed by atoms with E-state index in [1.807, 2.05) is 19.2 Å². The Morgan fingerprint density at radius 3 is 3.00 bits per heavy atom. The number of nitrogens with two attached hydrogens (primary N) is 1. The molecule has 1 aromatic rings. The van der Waals surface area contributed by atoms with Crippen molar-refractivity contribution >= 4 is 17.4 Å². The maximum absolute atomic E-state index is 11.9. The third-order valence-corrected chi connectivity index (χ3v) is 2.77. The molecule has 2 N–H and O–H groups in total. The quantitative estimate of drug-likeness (QED) is 0.566. The van der Waals surface area contributed by atoms with Gasteiger partial charge in [-0.3, -0.25) is 9.48 Å². The molecule has 0 unspecified atom stereocenters. The first-order chi connectivity index (χ1) is 7.18. The van der Waals surface area contributed by atoms with E-state index >= 15 is 0 Å². The first-order valence-corrected chi connectivity index (χ1v) is 4.65. The van der Waals surface area contributed by atoms with Crippen LogP contribution in [0.2, 0.25) is 0 Å². The summed E-state index contributed by atoms with van der Waals surface area (Å²) in [5.41, 5.74) is 7.50. The molecule has 0 amide bonds. The summed E-state index contributed by atoms with van der Waals surface area (Å²) in [5, 5.41) is 5.96. The zero-order valence-corrected chi connectivity index (χ0v) is 8.19. The molecule has 2 aliphatic rings. The van der Waals surface area contributed by atoms with E-state index in [1.54, 1.807) is 17.0 Å². The lowest BCUT2D eigenvalue weighted by molar-refractivity contribution is -0.110. The molecule has 0 saturated heterocycles. The van der Waals surface area contributed by atoms with E-state index in [9.17, 15) is 4.79 Å². The van der Waals surface area contributed by atoms with Crippen molar-refractivity contribution < 1.29 is 4.79 Å². The van der Waals surface area contributed by atoms with Gasteiger partial charge in [-0.25, -0.2) is 0 Å². The van der Waals surface area contributed by atoms with Crippen LogP contribution in [0.15, 0.2) is 29.6 Å². The van der Waals surface area contributed by atoms with Gasteiger partial charge in [-0.05, 0) is 17.7 Å². The Morgan fingerprint density at radius 1 is 1.40 bits per heavy atom. The number of ketones is 1. The maximum Gasteiger partial charge on any atom is 0.209 e. The number of hydrogen-bond donors (Lipinski definition) is 1. The summed E-state index contributed by atoms with van der Waals surface area (Å²) in [5.74, 6) is -0.101. The summed E-state index contributed by atoms with van der Waals surface area (Å²) in [6.45, 7) is 0. The van der Waals surface area contributed by atoms with Gasteiger partial charge in [0.1, 0.15) is 0 Å². The molecule has 4 nitrogen and oxygen atoms in total. The molecule has 0 aliphatic heterocycles. The molecule has 0 spiro atoms. The lowest BCUT2D eigenvalue weighted by atomic mass is 9.97. The van der Waals surface area contributed by atoms with E-state index in [0.29, 0.717) is 11.3 Å². The second-order valence-corrected chi connectivity index (χ2v) is 3.66. The molecule has 74 valence electrons. The topological polar surface area (TPSA) is 60.9 Å². The standard InChI is InChI=1S/C11H9N3O/c1-14-9-4-6-2-3-8(12)11(15)10(6)7(9)5-13-14/h2-5H,12H2,1H3. The number of fused-ring (bicyclic) bond motifs is 2. The number of Topliss-reactive ketones (excluding diaryl/α,β-unsaturated/α-hetero) is 1. The van der Waals surface area contributed by atoms with Crippen LogP contribution in [0.1, 0.15) is 0 Å². The van der Waals surface area contributed by atoms with Crippen LogP contribution in [-0.2, 0) is 11.8 Å². The predicted octanol–water partition coefficient (Wildman–Crippen LogP) is -1.28. The Kier molecular flexibility index (Phi) is 1.36. The maximum atomic E-state index is 11.9. The van der Waals surface area contributed by atoms with Crippen LogP contribution in [0.25, 0.3) is 11.6 Å². The summed E-state index contributed by atoms with van der Waals surface area (Å²) in [6.07, 6.45) is 7.18. The number of carbonyl (C=O) groups excluding carboxylic acids is 1. The van der Waals surface area contributed by atoms with Crippen LogP contribution in [0.3, 0.4) is 0 Å². The number of carbonyl (C=O) groups is 1. The second-order valence-electron chi connectivity index (χ2n) is 3.66. The number of rotatable bonds is 0. The van der Waals surface area contributed by atoms with Crippen LogP contribution in [0, 0.1) is 0 Å². The minimum Gasteiger partial charge on any atom is -0.396 e. The minimum absolute atomic E-state index is 0.101. The van der Waals surface area contributed by atoms with Gasteiger partial charge >= 0.3 is 0 Å². The van der Waals surface area contributed by atoms with E-state index in [-0.39, 0.29) is 5.78 Å². The number of hydrogen-bond acceptors (Lipinski definition) is 3. The van der Waals surface area contributed by atoms with Crippen molar-refractivity contribution in [2.24, 2.45) is 12.8 Å². The fourth-order valence-electron chi connectivity index (χ4n) is 1.97. The molecule has 0 aromatic carbocycles. The Bertz CT molecular complexity index is 658. The van der Waals surface area contributed by atoms with Crippen molar-refractivity contribution in [3.8, 4) is 0 Å². The van der Waals surface area contributed by atoms with Crippen LogP contribution < -0.4 is 16.3 Å². The van der Waals surface area contributed by atoms with Gasteiger partial charge in [-0.15, -0.1) is 0 Å². The summed E-state index contributed by atoms with van der Waals surface area (Å²) in [6, 6.07) is 0. The van der Waals surface area contributed by atoms with E-state index < -0.39 is 0 Å². The molecular formula is C11H9N3O. The fourth-order valence-corrected chi connectivity index (χ4v) is 1.97. The highest BCUT2D eigenvalue weighted by Crippen LogP contribution is 2.21. The fraction of sp³-hybridized carbons (Fsp3) is 0.0909. The minimum atomic E-state index is -0.101. The zero-order valence-electron chi connectivity index (χ0n) is 8.19. The highest BCUT2D eigenvalue weighted by Gasteiger charge is 2.24. The molecule has 1 aromatic heterocycles. The highest BCUT2D eigenvalue weighted by atomic mass is 16.1. The molecule has 0 bridgehead atoms. The SMILES string of the molecule is Cn1ncc2c1=CC1=CC=C(N)C(=O)C=21. The van der Waals surface area contributed by atoms with Gasteiger partial charge in [0.2, 0.25) is 5.78 Å². The predicted molar refractivity (Wildman–Crippen MR) is 55.7 cm³/mol. The molecule has 0 radical (unpaired) electrons. The summed E-state index contributed by atoms with van der Waals surface area (Å²) >= 11 is 0. The van der Waals surface area contributed by atoms with Gasteiger partial charge in [0.25, 0.3) is 0 Å². The van der Waals surface area contributed by atoms with Crippen LogP contribution >= 0.6 is 0 Å². The summed E-state index contributed by atoms with van der Waals surface area (Å²) in [4.78, 5) is 11.9. The number of nitrogens with zero attached hydrogens (tertiary/aromatic N) is 2. The van der Waals surface area contributed by atoms with Crippen LogP contribution in [0.4, 0.5) is 0 Å². The Balaban J connectivity index is 2.46. The summed E-state index contributed by atoms with van der Waals surface area (Å²) in [7, 11) is 1.86. The van der Waals surface area contributed by atoms with Gasteiger partial charge in [-0.2, -0.15) is 5.10 Å². The Hall–Kier alpha value is -2.10. The van der Waals surface area contributed by atoms with Crippen molar-refractivity contribution in [3.05, 3.63) is 40.2 Å². The Labute approximate surface area is 85.7 Å². The molecule has 3 rings (SSSR count). The lowest BCUT2D eigenvalue weighted by Gasteiger charge is -2.08. The van der Waals surface area contributed by atoms with Crippen LogP contribution in [-0.4, -0.2) is 15.6 Å². The van der Waals surface area contributed by atoms with E-state index in [0.717, 1.165) is 16.1 Å². The Morgan fingerprint density at radius 2 is 2.20 bits per heavy atom.